The van der Waals surface area contributed by atoms with Crippen LogP contribution in [0.4, 0.5) is 4.79 Å². The first-order valence-electron chi connectivity index (χ1n) is 8.29. The number of aliphatic hydroxyl groups is 2. The van der Waals surface area contributed by atoms with Gasteiger partial charge in [-0.1, -0.05) is 54.6 Å². The summed E-state index contributed by atoms with van der Waals surface area (Å²) in [5.41, 5.74) is 1.99. The van der Waals surface area contributed by atoms with E-state index in [1.165, 1.54) is 0 Å². The Bertz CT molecular complexity index is 865. The summed E-state index contributed by atoms with van der Waals surface area (Å²) in [6, 6.07) is 18.3. The van der Waals surface area contributed by atoms with Gasteiger partial charge in [-0.2, -0.15) is 0 Å². The zero-order valence-electron chi connectivity index (χ0n) is 14.1. The maximum Gasteiger partial charge on any atom is 0.407 e. The molecule has 3 rings (SSSR count). The van der Waals surface area contributed by atoms with Crippen molar-refractivity contribution >= 4 is 17.0 Å². The first kappa shape index (κ1) is 17.8. The molecule has 6 heteroatoms. The zero-order chi connectivity index (χ0) is 18.4. The summed E-state index contributed by atoms with van der Waals surface area (Å²) in [6.45, 7) is -0.00340. The molecule has 2 aromatic carbocycles. The molecule has 0 aliphatic rings. The van der Waals surface area contributed by atoms with E-state index in [1.807, 2.05) is 42.5 Å². The van der Waals surface area contributed by atoms with E-state index in [2.05, 4.69) is 10.3 Å². The molecule has 6 nitrogen and oxygen atoms in total. The van der Waals surface area contributed by atoms with Gasteiger partial charge in [0.25, 0.3) is 0 Å². The van der Waals surface area contributed by atoms with Crippen molar-refractivity contribution in [2.75, 3.05) is 6.54 Å². The molecule has 2 unspecified atom stereocenters. The number of aliphatic hydroxyl groups excluding tert-OH is 2. The maximum atomic E-state index is 11.8. The van der Waals surface area contributed by atoms with Gasteiger partial charge in [0, 0.05) is 23.7 Å². The zero-order valence-corrected chi connectivity index (χ0v) is 14.1. The standard InChI is InChI=1S/C20H20N2O4/c23-17(12-22-20(25)26-13-14-6-2-1-3-7-14)19(24)16-10-4-8-15-9-5-11-21-18(15)16/h1-11,17,19,23-24H,12-13H2,(H,22,25). The van der Waals surface area contributed by atoms with Crippen molar-refractivity contribution in [2.24, 2.45) is 0 Å². The molecular formula is C20H20N2O4. The molecule has 0 saturated carbocycles. The van der Waals surface area contributed by atoms with Crippen LogP contribution in [-0.2, 0) is 11.3 Å². The third-order valence-electron chi connectivity index (χ3n) is 4.02. The Morgan fingerprint density at radius 3 is 2.62 bits per heavy atom. The van der Waals surface area contributed by atoms with Crippen LogP contribution in [0.3, 0.4) is 0 Å². The Hall–Kier alpha value is -2.96. The van der Waals surface area contributed by atoms with Crippen LogP contribution in [0, 0.1) is 0 Å². The Balaban J connectivity index is 1.55. The van der Waals surface area contributed by atoms with Gasteiger partial charge < -0.3 is 20.3 Å². The minimum Gasteiger partial charge on any atom is -0.445 e. The molecule has 26 heavy (non-hydrogen) atoms. The van der Waals surface area contributed by atoms with Gasteiger partial charge in [-0.3, -0.25) is 4.98 Å². The average molecular weight is 352 g/mol. The van der Waals surface area contributed by atoms with Crippen LogP contribution in [0.15, 0.2) is 66.9 Å². The first-order valence-corrected chi connectivity index (χ1v) is 8.29. The highest BCUT2D eigenvalue weighted by molar-refractivity contribution is 5.81. The second-order valence-corrected chi connectivity index (χ2v) is 5.88. The van der Waals surface area contributed by atoms with E-state index >= 15 is 0 Å². The number of rotatable bonds is 6. The highest BCUT2D eigenvalue weighted by Crippen LogP contribution is 2.24. The number of hydrogen-bond acceptors (Lipinski definition) is 5. The van der Waals surface area contributed by atoms with Crippen LogP contribution in [0.25, 0.3) is 10.9 Å². The quantitative estimate of drug-likeness (QED) is 0.634. The third kappa shape index (κ3) is 4.36. The summed E-state index contributed by atoms with van der Waals surface area (Å²) in [4.78, 5) is 16.0. The number of ether oxygens (including phenoxy) is 1. The van der Waals surface area contributed by atoms with Gasteiger partial charge in [-0.25, -0.2) is 4.79 Å². The first-order chi connectivity index (χ1) is 12.6. The van der Waals surface area contributed by atoms with E-state index in [9.17, 15) is 15.0 Å². The van der Waals surface area contributed by atoms with Gasteiger partial charge in [-0.05, 0) is 11.6 Å². The Morgan fingerprint density at radius 2 is 1.81 bits per heavy atom. The number of nitrogens with zero attached hydrogens (tertiary/aromatic N) is 1. The van der Waals surface area contributed by atoms with Crippen LogP contribution in [0.5, 0.6) is 0 Å². The molecule has 3 aromatic rings. The molecule has 1 aromatic heterocycles. The van der Waals surface area contributed by atoms with Gasteiger partial charge in [0.15, 0.2) is 0 Å². The van der Waals surface area contributed by atoms with Crippen LogP contribution < -0.4 is 5.32 Å². The number of benzene rings is 2. The summed E-state index contributed by atoms with van der Waals surface area (Å²) in [7, 11) is 0. The number of nitrogens with one attached hydrogen (secondary N) is 1. The van der Waals surface area contributed by atoms with E-state index in [4.69, 9.17) is 4.74 Å². The number of carbonyl (C=O) groups excluding carboxylic acids is 1. The predicted molar refractivity (Wildman–Crippen MR) is 97.3 cm³/mol. The molecule has 134 valence electrons. The van der Waals surface area contributed by atoms with Crippen molar-refractivity contribution < 1.29 is 19.7 Å². The number of hydrogen-bond donors (Lipinski definition) is 3. The maximum absolute atomic E-state index is 11.8. The Morgan fingerprint density at radius 1 is 1.04 bits per heavy atom. The summed E-state index contributed by atoms with van der Waals surface area (Å²) < 4.78 is 5.08. The van der Waals surface area contributed by atoms with Crippen LogP contribution in [0.1, 0.15) is 17.2 Å². The smallest absolute Gasteiger partial charge is 0.407 e. The lowest BCUT2D eigenvalue weighted by Crippen LogP contribution is -2.35. The van der Waals surface area contributed by atoms with Gasteiger partial charge >= 0.3 is 6.09 Å². The number of para-hydroxylation sites is 1. The number of carbonyl (C=O) groups is 1. The minimum absolute atomic E-state index is 0.137. The van der Waals surface area contributed by atoms with Crippen molar-refractivity contribution in [3.8, 4) is 0 Å². The fraction of sp³-hybridized carbons (Fsp3) is 0.200. The molecule has 1 amide bonds. The minimum atomic E-state index is -1.19. The lowest BCUT2D eigenvalue weighted by molar-refractivity contribution is 0.0191. The molecule has 0 bridgehead atoms. The molecule has 0 spiro atoms. The molecule has 0 fully saturated rings. The van der Waals surface area contributed by atoms with Gasteiger partial charge in [-0.15, -0.1) is 0 Å². The number of amides is 1. The third-order valence-corrected chi connectivity index (χ3v) is 4.02. The summed E-state index contributed by atoms with van der Waals surface area (Å²) in [5.74, 6) is 0. The molecule has 1 heterocycles. The predicted octanol–water partition coefficient (Wildman–Crippen LogP) is 2.56. The fourth-order valence-electron chi connectivity index (χ4n) is 2.65. The second kappa shape index (κ2) is 8.42. The highest BCUT2D eigenvalue weighted by atomic mass is 16.5. The molecule has 0 aliphatic carbocycles. The second-order valence-electron chi connectivity index (χ2n) is 5.88. The molecule has 3 N–H and O–H groups in total. The summed E-state index contributed by atoms with van der Waals surface area (Å²) >= 11 is 0. The number of pyridine rings is 1. The number of alkyl carbamates (subject to hydrolysis) is 1. The summed E-state index contributed by atoms with van der Waals surface area (Å²) in [5, 5.41) is 24.0. The molecule has 0 radical (unpaired) electrons. The van der Waals surface area contributed by atoms with Crippen molar-refractivity contribution in [1.29, 1.82) is 0 Å². The molecule has 2 atom stereocenters. The van der Waals surface area contributed by atoms with Crippen molar-refractivity contribution in [3.63, 3.8) is 0 Å². The van der Waals surface area contributed by atoms with E-state index in [1.54, 1.807) is 24.4 Å². The topological polar surface area (TPSA) is 91.7 Å². The van der Waals surface area contributed by atoms with Crippen LogP contribution in [-0.4, -0.2) is 33.9 Å². The monoisotopic (exact) mass is 352 g/mol. The SMILES string of the molecule is O=C(NCC(O)C(O)c1cccc2cccnc12)OCc1ccccc1. The van der Waals surface area contributed by atoms with E-state index in [0.717, 1.165) is 10.9 Å². The molecular weight excluding hydrogens is 332 g/mol. The lowest BCUT2D eigenvalue weighted by atomic mass is 10.0. The van der Waals surface area contributed by atoms with Crippen LogP contribution >= 0.6 is 0 Å². The van der Waals surface area contributed by atoms with Gasteiger partial charge in [0.05, 0.1) is 5.52 Å². The lowest BCUT2D eigenvalue weighted by Gasteiger charge is -2.19. The van der Waals surface area contributed by atoms with Crippen molar-refractivity contribution in [3.05, 3.63) is 78.0 Å². The number of fused-ring (bicyclic) bond motifs is 1. The Kier molecular flexibility index (Phi) is 5.78. The van der Waals surface area contributed by atoms with Gasteiger partial charge in [0.2, 0.25) is 0 Å². The van der Waals surface area contributed by atoms with E-state index in [-0.39, 0.29) is 13.2 Å². The molecule has 0 aliphatic heterocycles. The largest absolute Gasteiger partial charge is 0.445 e. The van der Waals surface area contributed by atoms with E-state index in [0.29, 0.717) is 11.1 Å². The highest BCUT2D eigenvalue weighted by Gasteiger charge is 2.21. The summed E-state index contributed by atoms with van der Waals surface area (Å²) in [6.07, 6.45) is -1.39. The van der Waals surface area contributed by atoms with Crippen molar-refractivity contribution in [1.82, 2.24) is 10.3 Å². The van der Waals surface area contributed by atoms with E-state index < -0.39 is 18.3 Å². The normalized spacial score (nSPS) is 13.2. The van der Waals surface area contributed by atoms with Crippen LogP contribution in [0.2, 0.25) is 0 Å². The van der Waals surface area contributed by atoms with Crippen molar-refractivity contribution in [2.45, 2.75) is 18.8 Å². The molecule has 0 saturated heterocycles. The number of aromatic nitrogens is 1. The Labute approximate surface area is 151 Å². The van der Waals surface area contributed by atoms with Gasteiger partial charge in [0.1, 0.15) is 18.8 Å². The fourth-order valence-corrected chi connectivity index (χ4v) is 2.65. The average Bonchev–Trinajstić information content (AvgIpc) is 2.70.